The standard InChI is InChI=1S/C17H12F3N3O/c18-17(19,20)13-5-8-15(21-11-13)22-16(24)12-3-6-14(7-4-12)23-9-1-2-10-23/h1-11H,(H,21,22,24). The van der Waals surface area contributed by atoms with Gasteiger partial charge in [0.05, 0.1) is 5.56 Å². The van der Waals surface area contributed by atoms with Crippen molar-refractivity contribution in [3.63, 3.8) is 0 Å². The highest BCUT2D eigenvalue weighted by atomic mass is 19.4. The molecule has 0 atom stereocenters. The molecule has 2 aromatic heterocycles. The van der Waals surface area contributed by atoms with Crippen LogP contribution in [0.2, 0.25) is 0 Å². The summed E-state index contributed by atoms with van der Waals surface area (Å²) in [7, 11) is 0. The van der Waals surface area contributed by atoms with Gasteiger partial charge < -0.3 is 9.88 Å². The summed E-state index contributed by atoms with van der Waals surface area (Å²) >= 11 is 0. The van der Waals surface area contributed by atoms with Gasteiger partial charge in [-0.2, -0.15) is 13.2 Å². The Kier molecular flexibility index (Phi) is 4.07. The number of amides is 1. The van der Waals surface area contributed by atoms with Gasteiger partial charge in [0.1, 0.15) is 5.82 Å². The van der Waals surface area contributed by atoms with Gasteiger partial charge in [0.2, 0.25) is 0 Å². The Morgan fingerprint density at radius 2 is 1.67 bits per heavy atom. The Bertz CT molecular complexity index is 823. The Morgan fingerprint density at radius 3 is 2.21 bits per heavy atom. The van der Waals surface area contributed by atoms with Crippen LogP contribution in [0.15, 0.2) is 67.1 Å². The first-order valence-corrected chi connectivity index (χ1v) is 7.01. The minimum Gasteiger partial charge on any atom is -0.324 e. The van der Waals surface area contributed by atoms with Gasteiger partial charge in [0.15, 0.2) is 0 Å². The van der Waals surface area contributed by atoms with Crippen LogP contribution < -0.4 is 5.32 Å². The highest BCUT2D eigenvalue weighted by Gasteiger charge is 2.30. The third-order valence-corrected chi connectivity index (χ3v) is 3.36. The molecule has 1 N–H and O–H groups in total. The van der Waals surface area contributed by atoms with E-state index in [2.05, 4.69) is 10.3 Å². The Hall–Kier alpha value is -3.09. The van der Waals surface area contributed by atoms with Gasteiger partial charge in [-0.1, -0.05) is 0 Å². The van der Waals surface area contributed by atoms with Crippen LogP contribution in [-0.2, 0) is 6.18 Å². The van der Waals surface area contributed by atoms with Crippen LogP contribution >= 0.6 is 0 Å². The molecule has 3 rings (SSSR count). The van der Waals surface area contributed by atoms with E-state index in [1.165, 1.54) is 0 Å². The molecular formula is C17H12F3N3O. The van der Waals surface area contributed by atoms with E-state index in [0.29, 0.717) is 11.8 Å². The van der Waals surface area contributed by atoms with Crippen molar-refractivity contribution in [3.05, 3.63) is 78.2 Å². The zero-order valence-corrected chi connectivity index (χ0v) is 12.3. The van der Waals surface area contributed by atoms with Gasteiger partial charge in [-0.15, -0.1) is 0 Å². The Balaban J connectivity index is 1.71. The maximum Gasteiger partial charge on any atom is 0.417 e. The third kappa shape index (κ3) is 3.45. The van der Waals surface area contributed by atoms with Crippen LogP contribution in [-0.4, -0.2) is 15.5 Å². The predicted octanol–water partition coefficient (Wildman–Crippen LogP) is 4.14. The number of halogens is 3. The van der Waals surface area contributed by atoms with E-state index in [1.54, 1.807) is 24.3 Å². The summed E-state index contributed by atoms with van der Waals surface area (Å²) in [6.07, 6.45) is -0.0169. The van der Waals surface area contributed by atoms with Crippen LogP contribution in [0.4, 0.5) is 19.0 Å². The molecule has 122 valence electrons. The van der Waals surface area contributed by atoms with Gasteiger partial charge >= 0.3 is 6.18 Å². The molecule has 1 amide bonds. The lowest BCUT2D eigenvalue weighted by Crippen LogP contribution is -2.13. The molecule has 0 aliphatic heterocycles. The molecule has 0 unspecified atom stereocenters. The predicted molar refractivity (Wildman–Crippen MR) is 83.0 cm³/mol. The number of nitrogens with one attached hydrogen (secondary N) is 1. The van der Waals surface area contributed by atoms with E-state index < -0.39 is 17.6 Å². The fraction of sp³-hybridized carbons (Fsp3) is 0.0588. The zero-order valence-electron chi connectivity index (χ0n) is 12.3. The second-order valence-corrected chi connectivity index (χ2v) is 5.02. The SMILES string of the molecule is O=C(Nc1ccc(C(F)(F)F)cn1)c1ccc(-n2cccc2)cc1. The molecule has 3 aromatic rings. The number of anilines is 1. The second kappa shape index (κ2) is 6.19. The smallest absolute Gasteiger partial charge is 0.324 e. The number of carbonyl (C=O) groups excluding carboxylic acids is 1. The first-order chi connectivity index (χ1) is 11.4. The number of hydrogen-bond donors (Lipinski definition) is 1. The van der Waals surface area contributed by atoms with Gasteiger partial charge in [0, 0.05) is 29.8 Å². The van der Waals surface area contributed by atoms with Gasteiger partial charge in [-0.25, -0.2) is 4.98 Å². The number of benzene rings is 1. The van der Waals surface area contributed by atoms with Gasteiger partial charge in [0.25, 0.3) is 5.91 Å². The number of rotatable bonds is 3. The molecule has 0 bridgehead atoms. The molecule has 0 saturated heterocycles. The Morgan fingerprint density at radius 1 is 1.00 bits per heavy atom. The number of carbonyl (C=O) groups is 1. The number of nitrogens with zero attached hydrogens (tertiary/aromatic N) is 2. The van der Waals surface area contributed by atoms with Crippen LogP contribution in [0.1, 0.15) is 15.9 Å². The zero-order chi connectivity index (χ0) is 17.2. The summed E-state index contributed by atoms with van der Waals surface area (Å²) in [6.45, 7) is 0. The molecule has 2 heterocycles. The van der Waals surface area contributed by atoms with Gasteiger partial charge in [-0.05, 0) is 48.5 Å². The van der Waals surface area contributed by atoms with Crippen LogP contribution in [0, 0.1) is 0 Å². The topological polar surface area (TPSA) is 46.9 Å². The van der Waals surface area contributed by atoms with E-state index >= 15 is 0 Å². The molecule has 24 heavy (non-hydrogen) atoms. The maximum atomic E-state index is 12.5. The monoisotopic (exact) mass is 331 g/mol. The number of hydrogen-bond acceptors (Lipinski definition) is 2. The van der Waals surface area contributed by atoms with Crippen molar-refractivity contribution in [1.29, 1.82) is 0 Å². The normalized spacial score (nSPS) is 11.3. The fourth-order valence-corrected chi connectivity index (χ4v) is 2.12. The van der Waals surface area contributed by atoms with Crippen molar-refractivity contribution < 1.29 is 18.0 Å². The lowest BCUT2D eigenvalue weighted by molar-refractivity contribution is -0.137. The number of aromatic nitrogens is 2. The summed E-state index contributed by atoms with van der Waals surface area (Å²) in [6, 6.07) is 12.6. The quantitative estimate of drug-likeness (QED) is 0.784. The molecule has 0 aliphatic carbocycles. The van der Waals surface area contributed by atoms with E-state index in [1.807, 2.05) is 29.1 Å². The van der Waals surface area contributed by atoms with Crippen LogP contribution in [0.25, 0.3) is 5.69 Å². The fourth-order valence-electron chi connectivity index (χ4n) is 2.12. The lowest BCUT2D eigenvalue weighted by Gasteiger charge is -2.08. The Labute approximate surface area is 135 Å². The van der Waals surface area contributed by atoms with Crippen molar-refractivity contribution >= 4 is 11.7 Å². The van der Waals surface area contributed by atoms with E-state index in [9.17, 15) is 18.0 Å². The van der Waals surface area contributed by atoms with E-state index in [4.69, 9.17) is 0 Å². The number of alkyl halides is 3. The molecule has 0 fully saturated rings. The van der Waals surface area contributed by atoms with Crippen molar-refractivity contribution in [1.82, 2.24) is 9.55 Å². The number of pyridine rings is 1. The lowest BCUT2D eigenvalue weighted by atomic mass is 10.2. The van der Waals surface area contributed by atoms with E-state index in [-0.39, 0.29) is 5.82 Å². The summed E-state index contributed by atoms with van der Waals surface area (Å²) < 4.78 is 39.3. The van der Waals surface area contributed by atoms with Crippen molar-refractivity contribution in [2.45, 2.75) is 6.18 Å². The first-order valence-electron chi connectivity index (χ1n) is 7.01. The molecule has 1 aromatic carbocycles. The first kappa shape index (κ1) is 15.8. The van der Waals surface area contributed by atoms with Crippen LogP contribution in [0.5, 0.6) is 0 Å². The van der Waals surface area contributed by atoms with E-state index in [0.717, 1.165) is 17.8 Å². The summed E-state index contributed by atoms with van der Waals surface area (Å²) in [4.78, 5) is 15.7. The third-order valence-electron chi connectivity index (χ3n) is 3.36. The summed E-state index contributed by atoms with van der Waals surface area (Å²) in [5.74, 6) is -0.385. The molecule has 7 heteroatoms. The molecule has 4 nitrogen and oxygen atoms in total. The largest absolute Gasteiger partial charge is 0.417 e. The van der Waals surface area contributed by atoms with Crippen molar-refractivity contribution in [3.8, 4) is 5.69 Å². The highest BCUT2D eigenvalue weighted by molar-refractivity contribution is 6.03. The summed E-state index contributed by atoms with van der Waals surface area (Å²) in [5.41, 5.74) is 0.411. The molecule has 0 spiro atoms. The molecule has 0 radical (unpaired) electrons. The molecule has 0 saturated carbocycles. The van der Waals surface area contributed by atoms with Gasteiger partial charge in [-0.3, -0.25) is 4.79 Å². The minimum atomic E-state index is -4.45. The second-order valence-electron chi connectivity index (χ2n) is 5.02. The average molecular weight is 331 g/mol. The summed E-state index contributed by atoms with van der Waals surface area (Å²) in [5, 5.41) is 2.47. The molecule has 0 aliphatic rings. The molecular weight excluding hydrogens is 319 g/mol. The van der Waals surface area contributed by atoms with Crippen LogP contribution in [0.3, 0.4) is 0 Å². The highest BCUT2D eigenvalue weighted by Crippen LogP contribution is 2.28. The average Bonchev–Trinajstić information content (AvgIpc) is 3.09. The van der Waals surface area contributed by atoms with Crippen molar-refractivity contribution in [2.24, 2.45) is 0 Å². The maximum absolute atomic E-state index is 12.5. The minimum absolute atomic E-state index is 0.0579. The van der Waals surface area contributed by atoms with Crippen molar-refractivity contribution in [2.75, 3.05) is 5.32 Å².